The summed E-state index contributed by atoms with van der Waals surface area (Å²) in [6, 6.07) is 19.1. The van der Waals surface area contributed by atoms with Gasteiger partial charge in [-0.1, -0.05) is 60.7 Å². The van der Waals surface area contributed by atoms with E-state index >= 15 is 0 Å². The van der Waals surface area contributed by atoms with E-state index in [1.165, 1.54) is 11.3 Å². The molecule has 0 amide bonds. The van der Waals surface area contributed by atoms with Crippen molar-refractivity contribution in [2.24, 2.45) is 0 Å². The zero-order valence-corrected chi connectivity index (χ0v) is 12.9. The first-order valence-electron chi connectivity index (χ1n) is 4.77. The van der Waals surface area contributed by atoms with Crippen molar-refractivity contribution < 1.29 is 11.3 Å². The van der Waals surface area contributed by atoms with Crippen LogP contribution >= 0.6 is 28.2 Å². The molecular weight excluding hydrogens is 394 g/mol. The number of nitrogens with zero attached hydrogens (tertiary/aromatic N) is 1. The Kier molecular flexibility index (Phi) is 7.45. The van der Waals surface area contributed by atoms with E-state index in [1.807, 2.05) is 60.7 Å². The second kappa shape index (κ2) is 8.65. The minimum absolute atomic E-state index is 0.325. The van der Waals surface area contributed by atoms with Gasteiger partial charge in [0.2, 0.25) is 0 Å². The maximum atomic E-state index is 9.91. The van der Waals surface area contributed by atoms with Crippen molar-refractivity contribution in [3.63, 3.8) is 0 Å². The number of benzene rings is 2. The van der Waals surface area contributed by atoms with Gasteiger partial charge >= 0.3 is 39.6 Å². The zero-order valence-electron chi connectivity index (χ0n) is 8.78. The third kappa shape index (κ3) is 5.17. The Bertz CT molecular complexity index is 404. The largest absolute Gasteiger partial charge is 0.803 e. The Morgan fingerprint density at radius 1 is 0.765 bits per heavy atom. The molecule has 0 spiro atoms. The Hall–Kier alpha value is -0.411. The molecule has 4 heteroatoms. The summed E-state index contributed by atoms with van der Waals surface area (Å²) < 4.78 is 0. The van der Waals surface area contributed by atoms with Crippen LogP contribution in [0.4, 0.5) is 0 Å². The van der Waals surface area contributed by atoms with Crippen molar-refractivity contribution in [2.45, 2.75) is 0 Å². The first kappa shape index (κ1) is 14.6. The van der Waals surface area contributed by atoms with Crippen LogP contribution in [0.3, 0.4) is 0 Å². The van der Waals surface area contributed by atoms with Crippen LogP contribution < -0.4 is 0 Å². The predicted molar refractivity (Wildman–Crippen MR) is 77.3 cm³/mol. The molecule has 0 aliphatic rings. The third-order valence-electron chi connectivity index (χ3n) is 2.09. The minimum atomic E-state index is 0.325. The number of hydrogen-bond acceptors (Lipinski definition) is 0. The molecule has 2 rings (SSSR count). The normalized spacial score (nSPS) is 9.29. The third-order valence-corrected chi connectivity index (χ3v) is 2.09. The maximum Gasteiger partial charge on any atom is -0.0414 e. The SMILES string of the molecule is [Br][Cu][Br].[N-]=C(c1ccccc1)c1ccccc1. The molecule has 0 saturated carbocycles. The molecule has 0 fully saturated rings. The average Bonchev–Trinajstić information content (AvgIpc) is 2.41. The molecular formula is C13H10Br2CuN-. The van der Waals surface area contributed by atoms with E-state index in [9.17, 15) is 5.41 Å². The molecule has 17 heavy (non-hydrogen) atoms. The molecule has 0 N–H and O–H groups in total. The van der Waals surface area contributed by atoms with Gasteiger partial charge in [-0.2, -0.15) is 0 Å². The van der Waals surface area contributed by atoms with Crippen LogP contribution in [-0.2, 0) is 11.3 Å². The molecule has 0 atom stereocenters. The van der Waals surface area contributed by atoms with Gasteiger partial charge in [-0.25, -0.2) is 0 Å². The summed E-state index contributed by atoms with van der Waals surface area (Å²) in [6.45, 7) is 0. The second-order valence-electron chi connectivity index (χ2n) is 3.12. The zero-order chi connectivity index (χ0) is 12.5. The topological polar surface area (TPSA) is 22.3 Å². The molecule has 2 aromatic carbocycles. The van der Waals surface area contributed by atoms with Gasteiger partial charge in [0.15, 0.2) is 0 Å². The molecule has 0 heterocycles. The van der Waals surface area contributed by atoms with E-state index in [4.69, 9.17) is 0 Å². The van der Waals surface area contributed by atoms with Crippen molar-refractivity contribution in [1.82, 2.24) is 0 Å². The van der Waals surface area contributed by atoms with Crippen LogP contribution in [0.15, 0.2) is 60.7 Å². The van der Waals surface area contributed by atoms with Crippen LogP contribution in [0.2, 0.25) is 0 Å². The first-order chi connectivity index (χ1) is 8.29. The van der Waals surface area contributed by atoms with Gasteiger partial charge in [0, 0.05) is 0 Å². The molecule has 0 aliphatic carbocycles. The van der Waals surface area contributed by atoms with E-state index in [1.54, 1.807) is 0 Å². The van der Waals surface area contributed by atoms with Gasteiger partial charge in [-0.15, -0.1) is 5.71 Å². The van der Waals surface area contributed by atoms with Crippen molar-refractivity contribution >= 4 is 33.9 Å². The summed E-state index contributed by atoms with van der Waals surface area (Å²) in [5, 5.41) is 9.91. The van der Waals surface area contributed by atoms with Crippen molar-refractivity contribution in [1.29, 1.82) is 0 Å². The molecule has 0 unspecified atom stereocenters. The summed E-state index contributed by atoms with van der Waals surface area (Å²) in [5.74, 6) is 0. The second-order valence-corrected chi connectivity index (χ2v) is 7.88. The smallest absolute Gasteiger partial charge is 0.0414 e. The van der Waals surface area contributed by atoms with E-state index in [2.05, 4.69) is 28.2 Å². The van der Waals surface area contributed by atoms with Gasteiger partial charge in [0.1, 0.15) is 0 Å². The van der Waals surface area contributed by atoms with Crippen molar-refractivity contribution in [2.75, 3.05) is 0 Å². The van der Waals surface area contributed by atoms with E-state index in [-0.39, 0.29) is 0 Å². The number of rotatable bonds is 2. The monoisotopic (exact) mass is 401 g/mol. The quantitative estimate of drug-likeness (QED) is 0.509. The fourth-order valence-corrected chi connectivity index (χ4v) is 1.36. The van der Waals surface area contributed by atoms with Gasteiger partial charge in [-0.3, -0.25) is 0 Å². The summed E-state index contributed by atoms with van der Waals surface area (Å²) in [6.07, 6.45) is 0. The van der Waals surface area contributed by atoms with Gasteiger partial charge in [0.05, 0.1) is 0 Å². The maximum absolute atomic E-state index is 9.91. The summed E-state index contributed by atoms with van der Waals surface area (Å²) in [7, 11) is 0. The number of halogens is 2. The molecule has 93 valence electrons. The molecule has 0 saturated heterocycles. The molecule has 0 radical (unpaired) electrons. The Labute approximate surface area is 122 Å². The van der Waals surface area contributed by atoms with E-state index in [0.29, 0.717) is 5.71 Å². The van der Waals surface area contributed by atoms with Crippen molar-refractivity contribution in [3.05, 3.63) is 77.2 Å². The first-order valence-corrected chi connectivity index (χ1v) is 9.43. The Morgan fingerprint density at radius 3 is 1.35 bits per heavy atom. The van der Waals surface area contributed by atoms with Gasteiger partial charge in [0.25, 0.3) is 0 Å². The summed E-state index contributed by atoms with van der Waals surface area (Å²) >= 11 is 7.38. The van der Waals surface area contributed by atoms with Crippen LogP contribution in [0, 0.1) is 0 Å². The minimum Gasteiger partial charge on any atom is -0.803 e. The fraction of sp³-hybridized carbons (Fsp3) is 0. The van der Waals surface area contributed by atoms with Crippen LogP contribution in [0.1, 0.15) is 11.1 Å². The van der Waals surface area contributed by atoms with Crippen LogP contribution in [0.5, 0.6) is 0 Å². The van der Waals surface area contributed by atoms with Crippen LogP contribution in [-0.4, -0.2) is 5.71 Å². The predicted octanol–water partition coefficient (Wildman–Crippen LogP) is 4.78. The van der Waals surface area contributed by atoms with Crippen LogP contribution in [0.25, 0.3) is 5.41 Å². The summed E-state index contributed by atoms with van der Waals surface area (Å²) in [4.78, 5) is 0. The Morgan fingerprint density at radius 2 is 1.06 bits per heavy atom. The fourth-order valence-electron chi connectivity index (χ4n) is 1.36. The molecule has 2 aromatic rings. The molecule has 0 aromatic heterocycles. The van der Waals surface area contributed by atoms with Gasteiger partial charge < -0.3 is 5.41 Å². The van der Waals surface area contributed by atoms with E-state index in [0.717, 1.165) is 11.1 Å². The standard InChI is InChI=1S/C13H10N.2BrH.Cu/c14-13(11-7-3-1-4-8-11)12-9-5-2-6-10-12;;;/h1-10H;2*1H;/q-1;;;+2/p-2. The summed E-state index contributed by atoms with van der Waals surface area (Å²) in [5.41, 5.74) is 2.02. The molecule has 0 bridgehead atoms. The van der Waals surface area contributed by atoms with Gasteiger partial charge in [-0.05, 0) is 11.1 Å². The van der Waals surface area contributed by atoms with E-state index < -0.39 is 0 Å². The number of hydrogen-bond donors (Lipinski definition) is 0. The molecule has 1 nitrogen and oxygen atoms in total. The molecule has 0 aliphatic heterocycles. The van der Waals surface area contributed by atoms with Crippen molar-refractivity contribution in [3.8, 4) is 0 Å². The average molecular weight is 404 g/mol. The Balaban J connectivity index is 0.000000437.